The third-order valence-corrected chi connectivity index (χ3v) is 9.24. The van der Waals surface area contributed by atoms with Gasteiger partial charge in [0.15, 0.2) is 9.54 Å². The van der Waals surface area contributed by atoms with E-state index in [1.165, 1.54) is 0 Å². The molecule has 0 N–H and O–H groups in total. The van der Waals surface area contributed by atoms with E-state index in [-0.39, 0.29) is 0 Å². The molecule has 0 fully saturated rings. The van der Waals surface area contributed by atoms with Crippen molar-refractivity contribution in [2.45, 2.75) is 0 Å². The molecule has 0 bridgehead atoms. The SMILES string of the molecule is CN(p1n(C)c(=S)n1C)p1n(C)c(=S)n1C. The number of rotatable bonds is 2. The molecule has 2 heterocycles. The van der Waals surface area contributed by atoms with E-state index in [1.807, 2.05) is 0 Å². The summed E-state index contributed by atoms with van der Waals surface area (Å²) in [5.41, 5.74) is 0. The molecule has 16 heavy (non-hydrogen) atoms. The van der Waals surface area contributed by atoms with Gasteiger partial charge in [0.05, 0.1) is 0 Å². The fraction of sp³-hybridized carbons (Fsp3) is 0.714. The van der Waals surface area contributed by atoms with Crippen molar-refractivity contribution in [1.29, 1.82) is 0 Å². The number of aromatic nitrogens is 4. The minimum absolute atomic E-state index is 0.442. The van der Waals surface area contributed by atoms with Gasteiger partial charge in [0.25, 0.3) is 0 Å². The molecule has 5 nitrogen and oxygen atoms in total. The third-order valence-electron chi connectivity index (χ3n) is 2.70. The second-order valence-corrected chi connectivity index (χ2v) is 9.40. The Balaban J connectivity index is 2.47. The van der Waals surface area contributed by atoms with Gasteiger partial charge in [0.2, 0.25) is 0 Å². The van der Waals surface area contributed by atoms with E-state index in [1.54, 1.807) is 0 Å². The third kappa shape index (κ3) is 1.46. The summed E-state index contributed by atoms with van der Waals surface area (Å²) < 4.78 is 12.9. The maximum Gasteiger partial charge on any atom is 0.189 e. The zero-order chi connectivity index (χ0) is 12.2. The summed E-state index contributed by atoms with van der Waals surface area (Å²) in [6.45, 7) is 0. The van der Waals surface area contributed by atoms with E-state index >= 15 is 0 Å². The minimum Gasteiger partial charge on any atom is -0.286 e. The van der Waals surface area contributed by atoms with Crippen molar-refractivity contribution in [3.8, 4) is 0 Å². The average Bonchev–Trinajstić information content (AvgIpc) is 2.28. The molecule has 0 atom stereocenters. The number of nitrogens with zero attached hydrogens (tertiary/aromatic N) is 5. The second-order valence-electron chi connectivity index (χ2n) is 3.69. The molecule has 0 spiro atoms. The molecule has 0 aliphatic carbocycles. The zero-order valence-corrected chi connectivity index (χ0v) is 13.4. The lowest BCUT2D eigenvalue weighted by Gasteiger charge is -2.32. The molecule has 2 rings (SSSR count). The summed E-state index contributed by atoms with van der Waals surface area (Å²) in [6, 6.07) is 0. The Hall–Kier alpha value is -0.0600. The van der Waals surface area contributed by atoms with E-state index < -0.39 is 16.0 Å². The van der Waals surface area contributed by atoms with Crippen molar-refractivity contribution in [3.63, 3.8) is 0 Å². The van der Waals surface area contributed by atoms with Crippen molar-refractivity contribution in [1.82, 2.24) is 17.3 Å². The van der Waals surface area contributed by atoms with Crippen LogP contribution in [0, 0.1) is 9.54 Å². The van der Waals surface area contributed by atoms with Crippen LogP contribution in [0.4, 0.5) is 0 Å². The molecule has 0 saturated carbocycles. The molecular formula is C7H15N5P2S2. The average molecular weight is 295 g/mol. The maximum absolute atomic E-state index is 5.24. The lowest BCUT2D eigenvalue weighted by molar-refractivity contribution is 0.767. The van der Waals surface area contributed by atoms with Crippen LogP contribution in [0.3, 0.4) is 0 Å². The van der Waals surface area contributed by atoms with E-state index in [2.05, 4.69) is 57.0 Å². The largest absolute Gasteiger partial charge is 0.286 e. The summed E-state index contributed by atoms with van der Waals surface area (Å²) in [6.07, 6.45) is 0. The smallest absolute Gasteiger partial charge is 0.189 e. The highest BCUT2D eigenvalue weighted by Gasteiger charge is 2.21. The highest BCUT2D eigenvalue weighted by molar-refractivity contribution is 7.73. The van der Waals surface area contributed by atoms with Crippen LogP contribution in [0.25, 0.3) is 0 Å². The molecule has 2 aromatic heterocycles. The normalized spacial score (nSPS) is 11.9. The summed E-state index contributed by atoms with van der Waals surface area (Å²) in [7, 11) is 9.47. The van der Waals surface area contributed by atoms with Gasteiger partial charge in [-0.25, -0.2) is 0 Å². The minimum atomic E-state index is -0.442. The summed E-state index contributed by atoms with van der Waals surface area (Å²) in [5, 5.41) is 0. The molecule has 9 heteroatoms. The van der Waals surface area contributed by atoms with Gasteiger partial charge in [-0.2, -0.15) is 4.44 Å². The van der Waals surface area contributed by atoms with Crippen molar-refractivity contribution in [3.05, 3.63) is 9.54 Å². The topological polar surface area (TPSA) is 23.0 Å². The summed E-state index contributed by atoms with van der Waals surface area (Å²) >= 11 is 10.5. The van der Waals surface area contributed by atoms with Gasteiger partial charge in [-0.05, 0) is 24.4 Å². The lowest BCUT2D eigenvalue weighted by Crippen LogP contribution is -2.25. The number of hydrogen-bond donors (Lipinski definition) is 0. The molecule has 0 aromatic carbocycles. The van der Waals surface area contributed by atoms with Crippen LogP contribution < -0.4 is 4.44 Å². The Morgan fingerprint density at radius 2 is 1.06 bits per heavy atom. The first-order valence-electron chi connectivity index (χ1n) is 4.74. The molecule has 0 saturated heterocycles. The highest BCUT2D eigenvalue weighted by atomic mass is 32.1. The Labute approximate surface area is 107 Å². The Morgan fingerprint density at radius 1 is 0.812 bits per heavy atom. The molecule has 0 amide bonds. The van der Waals surface area contributed by atoms with E-state index in [4.69, 9.17) is 24.4 Å². The van der Waals surface area contributed by atoms with Crippen LogP contribution in [-0.2, 0) is 28.2 Å². The van der Waals surface area contributed by atoms with Crippen LogP contribution in [-0.4, -0.2) is 24.4 Å². The lowest BCUT2D eigenvalue weighted by atomic mass is 11.2. The summed E-state index contributed by atoms with van der Waals surface area (Å²) in [5.74, 6) is 0. The molecular weight excluding hydrogens is 280 g/mol. The highest BCUT2D eigenvalue weighted by Crippen LogP contribution is 2.44. The van der Waals surface area contributed by atoms with Crippen LogP contribution in [0.5, 0.6) is 0 Å². The maximum atomic E-state index is 5.24. The van der Waals surface area contributed by atoms with Crippen molar-refractivity contribution in [2.75, 3.05) is 11.5 Å². The van der Waals surface area contributed by atoms with E-state index in [0.717, 1.165) is 9.54 Å². The van der Waals surface area contributed by atoms with E-state index in [0.29, 0.717) is 0 Å². The molecule has 2 aromatic rings. The molecule has 0 unspecified atom stereocenters. The quantitative estimate of drug-likeness (QED) is 0.795. The monoisotopic (exact) mass is 295 g/mol. The van der Waals surface area contributed by atoms with Crippen molar-refractivity contribution < 1.29 is 0 Å². The molecule has 0 aliphatic rings. The Kier molecular flexibility index (Phi) is 3.10. The fourth-order valence-corrected chi connectivity index (χ4v) is 8.05. The summed E-state index contributed by atoms with van der Waals surface area (Å²) in [4.78, 5) is 0. The van der Waals surface area contributed by atoms with Gasteiger partial charge in [-0.1, -0.05) is 0 Å². The second kappa shape index (κ2) is 4.00. The zero-order valence-electron chi connectivity index (χ0n) is 9.95. The van der Waals surface area contributed by atoms with Crippen LogP contribution in [0.2, 0.25) is 0 Å². The van der Waals surface area contributed by atoms with Crippen LogP contribution >= 0.6 is 40.4 Å². The standard InChI is InChI=1S/C7H15N5P2S2/c1-8-6(15)9(2)13(8)12(5)14-10(3)7(16)11(14)4/h1-5H3. The van der Waals surface area contributed by atoms with Gasteiger partial charge in [-0.3, -0.25) is 17.3 Å². The first kappa shape index (κ1) is 12.4. The Morgan fingerprint density at radius 3 is 1.31 bits per heavy atom. The first-order valence-corrected chi connectivity index (χ1v) is 7.96. The van der Waals surface area contributed by atoms with Crippen molar-refractivity contribution >= 4 is 40.4 Å². The fourth-order valence-electron chi connectivity index (χ4n) is 1.90. The first-order chi connectivity index (χ1) is 7.37. The predicted molar refractivity (Wildman–Crippen MR) is 75.4 cm³/mol. The predicted octanol–water partition coefficient (Wildman–Crippen LogP) is 2.50. The van der Waals surface area contributed by atoms with Crippen LogP contribution in [0.1, 0.15) is 0 Å². The van der Waals surface area contributed by atoms with Gasteiger partial charge in [-0.15, -0.1) is 0 Å². The van der Waals surface area contributed by atoms with E-state index in [9.17, 15) is 0 Å². The van der Waals surface area contributed by atoms with Gasteiger partial charge in [0, 0.05) is 35.2 Å². The number of hydrogen-bond acceptors (Lipinski definition) is 3. The van der Waals surface area contributed by atoms with Crippen molar-refractivity contribution in [2.24, 2.45) is 28.2 Å². The van der Waals surface area contributed by atoms with Gasteiger partial charge in [0.1, 0.15) is 16.0 Å². The molecule has 90 valence electrons. The van der Waals surface area contributed by atoms with Crippen LogP contribution in [0.15, 0.2) is 0 Å². The Bertz CT molecular complexity index is 536. The molecule has 0 aliphatic heterocycles. The van der Waals surface area contributed by atoms with Gasteiger partial charge >= 0.3 is 0 Å². The molecule has 0 radical (unpaired) electrons. The van der Waals surface area contributed by atoms with Gasteiger partial charge < -0.3 is 0 Å².